The quantitative estimate of drug-likeness (QED) is 0.774. The van der Waals surface area contributed by atoms with Crippen LogP contribution in [0.3, 0.4) is 0 Å². The Morgan fingerprint density at radius 3 is 3.20 bits per heavy atom. The molecule has 15 heavy (non-hydrogen) atoms. The monoisotopic (exact) mass is 208 g/mol. The van der Waals surface area contributed by atoms with Crippen molar-refractivity contribution in [2.75, 3.05) is 30.4 Å². The van der Waals surface area contributed by atoms with Gasteiger partial charge in [-0.15, -0.1) is 0 Å². The first-order chi connectivity index (χ1) is 7.31. The third-order valence-electron chi connectivity index (χ3n) is 2.63. The Bertz CT molecular complexity index is 331. The number of hydrogen-bond acceptors (Lipinski definition) is 5. The van der Waals surface area contributed by atoms with Crippen molar-refractivity contribution in [1.29, 1.82) is 0 Å². The lowest BCUT2D eigenvalue weighted by Crippen LogP contribution is -2.45. The average molecular weight is 208 g/mol. The van der Waals surface area contributed by atoms with Crippen molar-refractivity contribution in [3.8, 4) is 0 Å². The molecule has 5 heteroatoms. The van der Waals surface area contributed by atoms with Gasteiger partial charge in [-0.1, -0.05) is 6.92 Å². The summed E-state index contributed by atoms with van der Waals surface area (Å²) in [4.78, 5) is 10.6. The number of morpholine rings is 1. The summed E-state index contributed by atoms with van der Waals surface area (Å²) >= 11 is 0. The van der Waals surface area contributed by atoms with Crippen molar-refractivity contribution in [3.63, 3.8) is 0 Å². The molecule has 0 bridgehead atoms. The first-order valence-electron chi connectivity index (χ1n) is 5.23. The van der Waals surface area contributed by atoms with Crippen molar-refractivity contribution in [3.05, 3.63) is 12.4 Å². The molecule has 1 aliphatic rings. The van der Waals surface area contributed by atoms with Gasteiger partial charge in [-0.05, 0) is 6.42 Å². The molecule has 2 N–H and O–H groups in total. The molecule has 0 spiro atoms. The zero-order valence-electron chi connectivity index (χ0n) is 8.89. The van der Waals surface area contributed by atoms with Gasteiger partial charge >= 0.3 is 0 Å². The van der Waals surface area contributed by atoms with Gasteiger partial charge < -0.3 is 15.4 Å². The van der Waals surface area contributed by atoms with E-state index in [2.05, 4.69) is 21.8 Å². The van der Waals surface area contributed by atoms with Gasteiger partial charge in [-0.2, -0.15) is 0 Å². The fraction of sp³-hybridized carbons (Fsp3) is 0.600. The first-order valence-corrected chi connectivity index (χ1v) is 5.23. The number of anilines is 2. The number of rotatable bonds is 2. The second kappa shape index (κ2) is 4.44. The Morgan fingerprint density at radius 2 is 2.47 bits per heavy atom. The highest BCUT2D eigenvalue weighted by Gasteiger charge is 2.22. The van der Waals surface area contributed by atoms with Gasteiger partial charge in [0.1, 0.15) is 11.6 Å². The number of ether oxygens (including phenoxy) is 1. The topological polar surface area (TPSA) is 64.3 Å². The highest BCUT2D eigenvalue weighted by atomic mass is 16.5. The predicted octanol–water partition coefficient (Wildman–Crippen LogP) is 0.674. The molecule has 0 radical (unpaired) electrons. The summed E-state index contributed by atoms with van der Waals surface area (Å²) in [7, 11) is 0. The molecule has 1 saturated heterocycles. The summed E-state index contributed by atoms with van der Waals surface area (Å²) in [6, 6.07) is 0.384. The van der Waals surface area contributed by atoms with Crippen LogP contribution in [-0.2, 0) is 4.74 Å². The third-order valence-corrected chi connectivity index (χ3v) is 2.63. The van der Waals surface area contributed by atoms with Crippen LogP contribution in [0.15, 0.2) is 12.4 Å². The summed E-state index contributed by atoms with van der Waals surface area (Å²) in [5.41, 5.74) is 5.62. The number of hydrogen-bond donors (Lipinski definition) is 1. The van der Waals surface area contributed by atoms with Crippen molar-refractivity contribution in [1.82, 2.24) is 9.97 Å². The lowest BCUT2D eigenvalue weighted by molar-refractivity contribution is 0.0925. The maximum Gasteiger partial charge on any atom is 0.149 e. The third kappa shape index (κ3) is 2.18. The number of aromatic nitrogens is 2. The normalized spacial score (nSPS) is 21.7. The summed E-state index contributed by atoms with van der Waals surface area (Å²) in [5, 5.41) is 0. The zero-order chi connectivity index (χ0) is 10.7. The molecular formula is C10H16N4O. The van der Waals surface area contributed by atoms with Crippen LogP contribution in [-0.4, -0.2) is 35.8 Å². The molecule has 0 saturated carbocycles. The number of nitrogens with two attached hydrogens (primary N) is 1. The van der Waals surface area contributed by atoms with E-state index in [0.29, 0.717) is 11.9 Å². The largest absolute Gasteiger partial charge is 0.382 e. The van der Waals surface area contributed by atoms with Crippen LogP contribution in [0.25, 0.3) is 0 Å². The molecule has 82 valence electrons. The molecule has 2 rings (SSSR count). The molecule has 1 fully saturated rings. The molecule has 0 amide bonds. The van der Waals surface area contributed by atoms with Crippen LogP contribution >= 0.6 is 0 Å². The van der Waals surface area contributed by atoms with Crippen LogP contribution in [0.4, 0.5) is 11.6 Å². The predicted molar refractivity (Wildman–Crippen MR) is 58.7 cm³/mol. The second-order valence-corrected chi connectivity index (χ2v) is 3.63. The van der Waals surface area contributed by atoms with Crippen molar-refractivity contribution in [2.45, 2.75) is 19.4 Å². The lowest BCUT2D eigenvalue weighted by atomic mass is 10.2. The minimum atomic E-state index is 0.384. The van der Waals surface area contributed by atoms with Gasteiger partial charge in [0, 0.05) is 6.54 Å². The molecule has 0 aliphatic carbocycles. The minimum Gasteiger partial charge on any atom is -0.382 e. The standard InChI is InChI=1S/C10H16N4O/c1-2-8-7-15-4-3-14(8)10-6-12-5-9(11)13-10/h5-6,8H,2-4,7H2,1H3,(H2,11,13). The van der Waals surface area contributed by atoms with E-state index in [1.807, 2.05) is 0 Å². The Morgan fingerprint density at radius 1 is 1.60 bits per heavy atom. The summed E-state index contributed by atoms with van der Waals surface area (Å²) < 4.78 is 5.43. The van der Waals surface area contributed by atoms with Crippen molar-refractivity contribution < 1.29 is 4.74 Å². The summed E-state index contributed by atoms with van der Waals surface area (Å²) in [6.45, 7) is 4.50. The smallest absolute Gasteiger partial charge is 0.149 e. The van der Waals surface area contributed by atoms with Crippen LogP contribution in [0, 0.1) is 0 Å². The highest BCUT2D eigenvalue weighted by Crippen LogP contribution is 2.18. The van der Waals surface area contributed by atoms with Gasteiger partial charge in [-0.25, -0.2) is 4.98 Å². The maximum atomic E-state index is 5.62. The van der Waals surface area contributed by atoms with Gasteiger partial charge in [0.2, 0.25) is 0 Å². The highest BCUT2D eigenvalue weighted by molar-refractivity contribution is 5.42. The van der Waals surface area contributed by atoms with E-state index >= 15 is 0 Å². The number of nitrogens with zero attached hydrogens (tertiary/aromatic N) is 3. The maximum absolute atomic E-state index is 5.62. The van der Waals surface area contributed by atoms with Crippen LogP contribution in [0.2, 0.25) is 0 Å². The fourth-order valence-corrected chi connectivity index (χ4v) is 1.80. The Labute approximate surface area is 89.3 Å². The molecular weight excluding hydrogens is 192 g/mol. The van der Waals surface area contributed by atoms with E-state index in [1.165, 1.54) is 0 Å². The molecule has 5 nitrogen and oxygen atoms in total. The Kier molecular flexibility index (Phi) is 3.01. The van der Waals surface area contributed by atoms with E-state index < -0.39 is 0 Å². The first kappa shape index (κ1) is 10.2. The lowest BCUT2D eigenvalue weighted by Gasteiger charge is -2.35. The molecule has 1 unspecified atom stereocenters. The fourth-order valence-electron chi connectivity index (χ4n) is 1.80. The van der Waals surface area contributed by atoms with E-state index in [0.717, 1.165) is 32.0 Å². The van der Waals surface area contributed by atoms with E-state index in [-0.39, 0.29) is 0 Å². The molecule has 1 aromatic heterocycles. The van der Waals surface area contributed by atoms with Gasteiger partial charge in [0.05, 0.1) is 31.6 Å². The molecule has 1 aromatic rings. The average Bonchev–Trinajstić information content (AvgIpc) is 2.29. The van der Waals surface area contributed by atoms with Crippen molar-refractivity contribution in [2.24, 2.45) is 0 Å². The summed E-state index contributed by atoms with van der Waals surface area (Å²) in [5.74, 6) is 1.32. The van der Waals surface area contributed by atoms with Crippen LogP contribution in [0.5, 0.6) is 0 Å². The van der Waals surface area contributed by atoms with Gasteiger partial charge in [-0.3, -0.25) is 4.98 Å². The van der Waals surface area contributed by atoms with Gasteiger partial charge in [0.15, 0.2) is 0 Å². The molecule has 0 aromatic carbocycles. The van der Waals surface area contributed by atoms with E-state index in [9.17, 15) is 0 Å². The zero-order valence-corrected chi connectivity index (χ0v) is 8.89. The van der Waals surface area contributed by atoms with E-state index in [4.69, 9.17) is 10.5 Å². The van der Waals surface area contributed by atoms with Crippen LogP contribution in [0.1, 0.15) is 13.3 Å². The van der Waals surface area contributed by atoms with E-state index in [1.54, 1.807) is 12.4 Å². The van der Waals surface area contributed by atoms with Crippen LogP contribution < -0.4 is 10.6 Å². The van der Waals surface area contributed by atoms with Crippen molar-refractivity contribution >= 4 is 11.6 Å². The summed E-state index contributed by atoms with van der Waals surface area (Å²) in [6.07, 6.45) is 4.35. The molecule has 2 heterocycles. The molecule has 1 atom stereocenters. The molecule has 1 aliphatic heterocycles. The SMILES string of the molecule is CCC1COCCN1c1cncc(N)n1. The number of nitrogen functional groups attached to an aromatic ring is 1. The van der Waals surface area contributed by atoms with Gasteiger partial charge in [0.25, 0.3) is 0 Å². The second-order valence-electron chi connectivity index (χ2n) is 3.63. The Hall–Kier alpha value is -1.36. The minimum absolute atomic E-state index is 0.384. The Balaban J connectivity index is 2.20.